The number of alkyl halides is 1. The van der Waals surface area contributed by atoms with E-state index in [2.05, 4.69) is 80.3 Å². The molecule has 4 aromatic carbocycles. The Balaban J connectivity index is 0.000000259. The maximum Gasteiger partial charge on any atom is 0.390 e. The number of esters is 2. The van der Waals surface area contributed by atoms with E-state index in [9.17, 15) is 19.5 Å². The van der Waals surface area contributed by atoms with Crippen LogP contribution in [0.15, 0.2) is 163 Å². The van der Waals surface area contributed by atoms with E-state index in [4.69, 9.17) is 70.7 Å². The Labute approximate surface area is 625 Å². The van der Waals surface area contributed by atoms with Crippen LogP contribution in [-0.2, 0) is 38.0 Å². The molecule has 0 radical (unpaired) electrons. The molecule has 0 amide bonds. The number of aromatic nitrogens is 9. The molecule has 0 aliphatic heterocycles. The second-order valence-corrected chi connectivity index (χ2v) is 23.6. The lowest BCUT2D eigenvalue weighted by Gasteiger charge is -2.26. The summed E-state index contributed by atoms with van der Waals surface area (Å²) >= 11 is 9.35. The number of nitrogens with one attached hydrogen (secondary N) is 6. The van der Waals surface area contributed by atoms with Crippen LogP contribution in [0.25, 0.3) is 77.0 Å². The van der Waals surface area contributed by atoms with Crippen molar-refractivity contribution in [3.63, 3.8) is 0 Å². The summed E-state index contributed by atoms with van der Waals surface area (Å²) in [4.78, 5) is 73.1. The molecule has 2 saturated carbocycles. The minimum atomic E-state index is -0.849. The summed E-state index contributed by atoms with van der Waals surface area (Å²) in [6.45, 7) is 22.8. The zero-order valence-corrected chi connectivity index (χ0v) is 62.3. The summed E-state index contributed by atoms with van der Waals surface area (Å²) < 4.78 is 29.4. The van der Waals surface area contributed by atoms with Gasteiger partial charge in [0.25, 0.3) is 5.56 Å². The molecule has 2 aliphatic rings. The number of nitrogens with two attached hydrogens (primary N) is 2. The second kappa shape index (κ2) is 49.2. The summed E-state index contributed by atoms with van der Waals surface area (Å²) in [7, 11) is 2.52. The molecule has 29 heteroatoms. The smallest absolute Gasteiger partial charge is 0.390 e. The van der Waals surface area contributed by atoms with Gasteiger partial charge in [0.15, 0.2) is 24.2 Å². The third kappa shape index (κ3) is 30.4. The van der Waals surface area contributed by atoms with Crippen LogP contribution in [0.1, 0.15) is 91.0 Å². The number of aliphatic hydroxyl groups is 2. The van der Waals surface area contributed by atoms with Crippen LogP contribution in [0.3, 0.4) is 0 Å². The molecule has 12 rings (SSSR count). The number of nitrogens with zero attached hydrogens (tertiary/aromatic N) is 7. The number of halogens is 3. The number of carbonyl (C=O) groups excluding carboxylic acids is 2. The van der Waals surface area contributed by atoms with E-state index in [0.29, 0.717) is 66.3 Å². The van der Waals surface area contributed by atoms with Crippen LogP contribution in [0.5, 0.6) is 0 Å². The number of ether oxygens (including phenoxy) is 6. The van der Waals surface area contributed by atoms with E-state index in [0.717, 1.165) is 113 Å². The Kier molecular flexibility index (Phi) is 41.1. The van der Waals surface area contributed by atoms with Gasteiger partial charge in [0.2, 0.25) is 0 Å². The van der Waals surface area contributed by atoms with Gasteiger partial charge in [-0.2, -0.15) is 0 Å². The van der Waals surface area contributed by atoms with Crippen molar-refractivity contribution in [2.75, 3.05) is 57.8 Å². The predicted octanol–water partition coefficient (Wildman–Crippen LogP) is 13.3. The fraction of sp³-hybridized carbons (Fsp3) is 0.373. The number of aromatic amines is 4. The largest absolute Gasteiger partial charge is 0.464 e. The molecule has 0 bridgehead atoms. The summed E-state index contributed by atoms with van der Waals surface area (Å²) in [6.07, 6.45) is 12.3. The summed E-state index contributed by atoms with van der Waals surface area (Å²) in [5, 5.41) is 32.9. The highest BCUT2D eigenvalue weighted by atomic mass is 79.9. The van der Waals surface area contributed by atoms with Crippen molar-refractivity contribution in [1.29, 1.82) is 5.41 Å². The van der Waals surface area contributed by atoms with Gasteiger partial charge >= 0.3 is 24.5 Å². The molecular formula is C75H94BrCl2N15O11. The molecule has 556 valence electrons. The standard InChI is InChI=1S/C18H20N4O.C12H8ClN3.C12H9N3O.C10H17NO4.C7H8N2.C6H13BrO2.C6H13NO.C4H5NO2.ClH/c23-14-8-6-13(7-9-14)20-18-15-10-11-19-17(15)21-16(22-18)12-4-2-1-3-5-12;13-10-9-6-7-14-12(9)16-11(15-10)8-4-2-1-3-5-8;16-12-9-6-7-13-11(9)14-10(15-12)8-4-2-1-3-5-8;1-5-14-9(15-6-2)7-8(11-3)10(12)13-4;8-7(9)6-4-2-1-3-5-6;1-3-8-6(5-7)9-4-2;7-5-1-3-6(8)4-2-5;1-5-3-4(6)7-2;/h1-5,10-11,13-14,23H,6-9H2,(H2,19,20,21,22);1-7H,(H,14,15,16);1-7H,(H2,13,14,15,16);8-9H,5-7H2,1-2,4H3;1-5H,(H3,8,9);6H,3-5H2,1-2H3;5-6,8H,1-4,7H2;3H2,2H3;1H. The molecule has 1 unspecified atom stereocenters. The van der Waals surface area contributed by atoms with Crippen LogP contribution >= 0.6 is 39.9 Å². The van der Waals surface area contributed by atoms with Crippen molar-refractivity contribution in [1.82, 2.24) is 44.9 Å². The minimum absolute atomic E-state index is 0. The molecule has 0 saturated heterocycles. The predicted molar refractivity (Wildman–Crippen MR) is 413 cm³/mol. The lowest BCUT2D eigenvalue weighted by atomic mass is 9.93. The average Bonchev–Trinajstić information content (AvgIpc) is 1.56. The SMILES string of the molecule is CCOC(CBr)OCC.Cl.Clc1nc(-c2ccccc2)nc2[nH]ccc12.N=C(N)c1ccccc1.NC1CCC(O)CC1.O=c1[nH]c(-c2ccccc2)nc2[nH]ccc12.OC1CCC(Nc2nc(-c3ccccc3)nc3[nH]ccc23)CC1.[C-]#[N+]C(CC(OCC)OCC)C(=O)OC.[C-]#[N+]CC(=O)OC. The van der Waals surface area contributed by atoms with E-state index in [1.807, 2.05) is 167 Å². The summed E-state index contributed by atoms with van der Waals surface area (Å²) in [6, 6.07) is 44.0. The first-order valence-corrected chi connectivity index (χ1v) is 35.2. The average molecular weight is 1530 g/mol. The van der Waals surface area contributed by atoms with Crippen molar-refractivity contribution in [3.05, 3.63) is 202 Å². The Hall–Kier alpha value is -9.49. The van der Waals surface area contributed by atoms with Crippen LogP contribution < -0.4 is 22.3 Å². The number of rotatable bonds is 19. The number of hydrogen-bond donors (Lipinski definition) is 10. The molecule has 2 aliphatic carbocycles. The Morgan fingerprint density at radius 1 is 0.625 bits per heavy atom. The van der Waals surface area contributed by atoms with Crippen molar-refractivity contribution in [2.45, 2.75) is 128 Å². The van der Waals surface area contributed by atoms with Crippen LogP contribution in [0.4, 0.5) is 5.82 Å². The fourth-order valence-electron chi connectivity index (χ4n) is 9.92. The second-order valence-electron chi connectivity index (χ2n) is 22.6. The zero-order valence-electron chi connectivity index (χ0n) is 59.2. The van der Waals surface area contributed by atoms with Gasteiger partial charge in [-0.25, -0.2) is 47.7 Å². The Morgan fingerprint density at radius 2 is 1.07 bits per heavy atom. The molecular weight excluding hydrogens is 1440 g/mol. The number of anilines is 1. The van der Waals surface area contributed by atoms with E-state index in [1.54, 1.807) is 18.5 Å². The minimum Gasteiger partial charge on any atom is -0.464 e. The van der Waals surface area contributed by atoms with Gasteiger partial charge in [0, 0.05) is 79.4 Å². The quantitative estimate of drug-likeness (QED) is 0.00684. The number of nitrogen functional groups attached to an aromatic ring is 1. The van der Waals surface area contributed by atoms with E-state index in [1.165, 1.54) is 14.2 Å². The van der Waals surface area contributed by atoms with Crippen molar-refractivity contribution < 1.29 is 48.2 Å². The first kappa shape index (κ1) is 86.9. The normalized spacial score (nSPS) is 15.0. The highest BCUT2D eigenvalue weighted by Crippen LogP contribution is 2.29. The number of methoxy groups -OCH3 is 2. The Morgan fingerprint density at radius 3 is 1.50 bits per heavy atom. The number of amidine groups is 1. The van der Waals surface area contributed by atoms with Crippen molar-refractivity contribution in [3.8, 4) is 34.2 Å². The zero-order chi connectivity index (χ0) is 74.7. The molecule has 104 heavy (non-hydrogen) atoms. The first-order chi connectivity index (χ1) is 49.9. The number of H-pyrrole nitrogens is 4. The summed E-state index contributed by atoms with van der Waals surface area (Å²) in [5.74, 6) is 1.91. The van der Waals surface area contributed by atoms with E-state index < -0.39 is 24.3 Å². The third-order valence-corrected chi connectivity index (χ3v) is 16.0. The molecule has 10 aromatic rings. The van der Waals surface area contributed by atoms with Crippen LogP contribution in [0.2, 0.25) is 5.15 Å². The van der Waals surface area contributed by atoms with Crippen LogP contribution in [0, 0.1) is 18.6 Å². The van der Waals surface area contributed by atoms with Crippen molar-refractivity contribution in [2.24, 2.45) is 11.5 Å². The van der Waals surface area contributed by atoms with Crippen molar-refractivity contribution >= 4 is 96.6 Å². The first-order valence-electron chi connectivity index (χ1n) is 33.7. The molecule has 12 N–H and O–H groups in total. The third-order valence-electron chi connectivity index (χ3n) is 15.2. The van der Waals surface area contributed by atoms with Gasteiger partial charge in [-0.05, 0) is 97.3 Å². The highest BCUT2D eigenvalue weighted by Gasteiger charge is 2.29. The molecule has 0 spiro atoms. The molecule has 6 heterocycles. The van der Waals surface area contributed by atoms with Gasteiger partial charge in [0.05, 0.1) is 54.3 Å². The number of aliphatic hydroxyl groups excluding tert-OH is 2. The van der Waals surface area contributed by atoms with Gasteiger partial charge < -0.3 is 85.0 Å². The lowest BCUT2D eigenvalue weighted by molar-refractivity contribution is -0.155. The molecule has 1 atom stereocenters. The lowest BCUT2D eigenvalue weighted by Crippen LogP contribution is -2.28. The van der Waals surface area contributed by atoms with Gasteiger partial charge in [-0.1, -0.05) is 149 Å². The topological polar surface area (TPSA) is 371 Å². The fourth-order valence-corrected chi connectivity index (χ4v) is 10.5. The highest BCUT2D eigenvalue weighted by molar-refractivity contribution is 9.09. The van der Waals surface area contributed by atoms with Gasteiger partial charge in [-0.15, -0.1) is 12.4 Å². The maximum absolute atomic E-state index is 11.7. The molecule has 6 aromatic heterocycles. The number of carbonyl (C=O) groups is 2. The maximum atomic E-state index is 11.7. The molecule has 26 nitrogen and oxygen atoms in total. The van der Waals surface area contributed by atoms with Crippen LogP contribution in [-0.4, -0.2) is 168 Å². The van der Waals surface area contributed by atoms with Gasteiger partial charge in [0.1, 0.15) is 39.6 Å². The van der Waals surface area contributed by atoms with E-state index >= 15 is 0 Å². The monoisotopic (exact) mass is 1530 g/mol. The number of fused-ring (bicyclic) bond motifs is 3. The summed E-state index contributed by atoms with van der Waals surface area (Å²) in [5.41, 5.74) is 16.5. The van der Waals surface area contributed by atoms with E-state index in [-0.39, 0.29) is 55.3 Å². The number of hydrogen-bond acceptors (Lipinski definition) is 19. The number of benzene rings is 4. The van der Waals surface area contributed by atoms with Gasteiger partial charge in [-0.3, -0.25) is 10.2 Å². The molecule has 2 fully saturated rings. The Bertz CT molecular complexity index is 4180.